The molecule has 2 aromatic heterocycles. The van der Waals surface area contributed by atoms with Crippen LogP contribution < -0.4 is 10.3 Å². The highest BCUT2D eigenvalue weighted by atomic mass is 19.1. The van der Waals surface area contributed by atoms with Gasteiger partial charge in [-0.15, -0.1) is 0 Å². The van der Waals surface area contributed by atoms with E-state index in [1.807, 2.05) is 4.90 Å². The second kappa shape index (κ2) is 9.00. The Labute approximate surface area is 177 Å². The van der Waals surface area contributed by atoms with Crippen molar-refractivity contribution in [2.24, 2.45) is 0 Å². The first-order valence-corrected chi connectivity index (χ1v) is 10.2. The van der Waals surface area contributed by atoms with Gasteiger partial charge in [-0.1, -0.05) is 0 Å². The molecule has 1 N–H and O–H groups in total. The minimum absolute atomic E-state index is 0.0416. The molecule has 0 unspecified atom stereocenters. The molecule has 1 saturated heterocycles. The number of halogens is 1. The Morgan fingerprint density at radius 3 is 2.74 bits per heavy atom. The SMILES string of the molecule is N#Cc1ccc(OC2CCN(C(=O)CCCc3nn4cc(F)cc4c(=O)[nH]3)CC2)cc1. The average molecular weight is 423 g/mol. The number of nitrogens with zero attached hydrogens (tertiary/aromatic N) is 4. The number of H-pyrrole nitrogens is 1. The van der Waals surface area contributed by atoms with E-state index < -0.39 is 11.4 Å². The van der Waals surface area contributed by atoms with Gasteiger partial charge in [-0.3, -0.25) is 9.59 Å². The van der Waals surface area contributed by atoms with Crippen molar-refractivity contribution in [3.8, 4) is 11.8 Å². The van der Waals surface area contributed by atoms with Crippen molar-refractivity contribution in [3.63, 3.8) is 0 Å². The Bertz CT molecular complexity index is 1170. The smallest absolute Gasteiger partial charge is 0.275 e. The number of hydrogen-bond acceptors (Lipinski definition) is 5. The number of nitrogens with one attached hydrogen (secondary N) is 1. The number of aryl methyl sites for hydroxylation is 1. The predicted molar refractivity (Wildman–Crippen MR) is 110 cm³/mol. The van der Waals surface area contributed by atoms with E-state index in [2.05, 4.69) is 16.2 Å². The Morgan fingerprint density at radius 2 is 2.03 bits per heavy atom. The van der Waals surface area contributed by atoms with E-state index in [0.717, 1.165) is 30.9 Å². The Hall–Kier alpha value is -3.67. The van der Waals surface area contributed by atoms with Gasteiger partial charge in [0.15, 0.2) is 0 Å². The molecule has 9 heteroatoms. The average Bonchev–Trinajstić information content (AvgIpc) is 3.15. The summed E-state index contributed by atoms with van der Waals surface area (Å²) in [6.45, 7) is 1.26. The maximum absolute atomic E-state index is 13.3. The molecule has 31 heavy (non-hydrogen) atoms. The number of piperidine rings is 1. The van der Waals surface area contributed by atoms with Gasteiger partial charge in [-0.25, -0.2) is 8.91 Å². The molecular formula is C22H22FN5O3. The van der Waals surface area contributed by atoms with Crippen molar-refractivity contribution in [1.82, 2.24) is 19.5 Å². The van der Waals surface area contributed by atoms with Gasteiger partial charge < -0.3 is 14.6 Å². The maximum atomic E-state index is 13.3. The summed E-state index contributed by atoms with van der Waals surface area (Å²) in [7, 11) is 0. The summed E-state index contributed by atoms with van der Waals surface area (Å²) in [6, 6.07) is 10.2. The van der Waals surface area contributed by atoms with E-state index in [1.165, 1.54) is 4.52 Å². The predicted octanol–water partition coefficient (Wildman–Crippen LogP) is 2.43. The fourth-order valence-electron chi connectivity index (χ4n) is 3.72. The largest absolute Gasteiger partial charge is 0.490 e. The molecule has 0 radical (unpaired) electrons. The van der Waals surface area contributed by atoms with E-state index in [-0.39, 0.29) is 17.5 Å². The van der Waals surface area contributed by atoms with Crippen molar-refractivity contribution >= 4 is 11.4 Å². The van der Waals surface area contributed by atoms with Gasteiger partial charge in [0.25, 0.3) is 5.56 Å². The lowest BCUT2D eigenvalue weighted by Crippen LogP contribution is -2.41. The lowest BCUT2D eigenvalue weighted by atomic mass is 10.1. The molecule has 4 rings (SSSR count). The quantitative estimate of drug-likeness (QED) is 0.656. The molecule has 3 aromatic rings. The zero-order chi connectivity index (χ0) is 21.8. The van der Waals surface area contributed by atoms with Crippen molar-refractivity contribution in [2.75, 3.05) is 13.1 Å². The third-order valence-electron chi connectivity index (χ3n) is 5.37. The molecule has 0 saturated carbocycles. The van der Waals surface area contributed by atoms with Gasteiger partial charge in [0.05, 0.1) is 17.8 Å². The fourth-order valence-corrected chi connectivity index (χ4v) is 3.72. The van der Waals surface area contributed by atoms with Gasteiger partial charge in [0.1, 0.15) is 29.0 Å². The zero-order valence-corrected chi connectivity index (χ0v) is 16.9. The lowest BCUT2D eigenvalue weighted by Gasteiger charge is -2.32. The van der Waals surface area contributed by atoms with Crippen LogP contribution in [-0.2, 0) is 11.2 Å². The monoisotopic (exact) mass is 423 g/mol. The van der Waals surface area contributed by atoms with Crippen LogP contribution in [0.5, 0.6) is 5.75 Å². The van der Waals surface area contributed by atoms with Crippen LogP contribution in [0.4, 0.5) is 4.39 Å². The number of fused-ring (bicyclic) bond motifs is 1. The number of carbonyl (C=O) groups is 1. The molecule has 0 spiro atoms. The topological polar surface area (TPSA) is 103 Å². The number of benzene rings is 1. The van der Waals surface area contributed by atoms with Crippen LogP contribution >= 0.6 is 0 Å². The van der Waals surface area contributed by atoms with Crippen LogP contribution in [-0.4, -0.2) is 44.6 Å². The molecule has 1 aliphatic heterocycles. The van der Waals surface area contributed by atoms with Gasteiger partial charge in [0.2, 0.25) is 5.91 Å². The second-order valence-electron chi connectivity index (χ2n) is 7.58. The molecule has 1 aliphatic rings. The lowest BCUT2D eigenvalue weighted by molar-refractivity contribution is -0.133. The highest BCUT2D eigenvalue weighted by Gasteiger charge is 2.23. The molecule has 1 aromatic carbocycles. The second-order valence-corrected chi connectivity index (χ2v) is 7.58. The number of ether oxygens (including phenoxy) is 1. The number of rotatable bonds is 6. The summed E-state index contributed by atoms with van der Waals surface area (Å²) in [6.07, 6.45) is 4.01. The summed E-state index contributed by atoms with van der Waals surface area (Å²) in [5.74, 6) is 0.699. The van der Waals surface area contributed by atoms with E-state index in [0.29, 0.717) is 43.7 Å². The van der Waals surface area contributed by atoms with Crippen LogP contribution in [0.3, 0.4) is 0 Å². The van der Waals surface area contributed by atoms with Gasteiger partial charge in [-0.05, 0) is 30.7 Å². The first-order chi connectivity index (χ1) is 15.0. The van der Waals surface area contributed by atoms with Crippen LogP contribution in [0.2, 0.25) is 0 Å². The van der Waals surface area contributed by atoms with Crippen molar-refractivity contribution in [1.29, 1.82) is 5.26 Å². The third-order valence-corrected chi connectivity index (χ3v) is 5.37. The van der Waals surface area contributed by atoms with Crippen molar-refractivity contribution < 1.29 is 13.9 Å². The van der Waals surface area contributed by atoms with Crippen LogP contribution in [0.25, 0.3) is 5.52 Å². The number of aromatic nitrogens is 3. The summed E-state index contributed by atoms with van der Waals surface area (Å²) in [5, 5.41) is 13.0. The first kappa shape index (κ1) is 20.6. The molecular weight excluding hydrogens is 401 g/mol. The summed E-state index contributed by atoms with van der Waals surface area (Å²) < 4.78 is 20.5. The Balaban J connectivity index is 1.23. The van der Waals surface area contributed by atoms with E-state index in [9.17, 15) is 14.0 Å². The minimum Gasteiger partial charge on any atom is -0.490 e. The van der Waals surface area contributed by atoms with Crippen molar-refractivity contribution in [2.45, 2.75) is 38.2 Å². The van der Waals surface area contributed by atoms with E-state index >= 15 is 0 Å². The van der Waals surface area contributed by atoms with E-state index in [1.54, 1.807) is 24.3 Å². The highest BCUT2D eigenvalue weighted by molar-refractivity contribution is 5.76. The molecule has 0 aliphatic carbocycles. The van der Waals surface area contributed by atoms with Gasteiger partial charge >= 0.3 is 0 Å². The number of nitriles is 1. The van der Waals surface area contributed by atoms with Gasteiger partial charge in [0, 0.05) is 44.8 Å². The normalized spacial score (nSPS) is 14.5. The fraction of sp³-hybridized carbons (Fsp3) is 0.364. The minimum atomic E-state index is -0.517. The number of aromatic amines is 1. The van der Waals surface area contributed by atoms with Crippen LogP contribution in [0, 0.1) is 17.1 Å². The Morgan fingerprint density at radius 1 is 1.29 bits per heavy atom. The van der Waals surface area contributed by atoms with E-state index in [4.69, 9.17) is 10.00 Å². The summed E-state index contributed by atoms with van der Waals surface area (Å²) in [5.41, 5.74) is 0.348. The molecule has 0 atom stereocenters. The van der Waals surface area contributed by atoms with Crippen LogP contribution in [0.1, 0.15) is 37.1 Å². The summed E-state index contributed by atoms with van der Waals surface area (Å²) >= 11 is 0. The highest BCUT2D eigenvalue weighted by Crippen LogP contribution is 2.20. The molecule has 0 bridgehead atoms. The van der Waals surface area contributed by atoms with Gasteiger partial charge in [-0.2, -0.15) is 10.4 Å². The number of hydrogen-bond donors (Lipinski definition) is 1. The van der Waals surface area contributed by atoms with Crippen molar-refractivity contribution in [3.05, 3.63) is 64.1 Å². The number of amides is 1. The summed E-state index contributed by atoms with van der Waals surface area (Å²) in [4.78, 5) is 29.0. The maximum Gasteiger partial charge on any atom is 0.275 e. The molecule has 3 heterocycles. The zero-order valence-electron chi connectivity index (χ0n) is 16.9. The number of likely N-dealkylation sites (tertiary alicyclic amines) is 1. The third kappa shape index (κ3) is 4.91. The van der Waals surface area contributed by atoms with Crippen LogP contribution in [0.15, 0.2) is 41.3 Å². The molecule has 1 amide bonds. The molecule has 8 nitrogen and oxygen atoms in total. The number of carbonyl (C=O) groups excluding carboxylic acids is 1. The molecule has 160 valence electrons. The Kier molecular flexibility index (Phi) is 5.98. The molecule has 1 fully saturated rings. The first-order valence-electron chi connectivity index (χ1n) is 10.2. The standard InChI is InChI=1S/C22H22FN5O3/c23-16-12-19-22(30)25-20(26-28(19)14-16)2-1-3-21(29)27-10-8-18(9-11-27)31-17-6-4-15(13-24)5-7-17/h4-7,12,14,18H,1-3,8-11H2,(H,25,26,30).